The van der Waals surface area contributed by atoms with Gasteiger partial charge in [-0.3, -0.25) is 10.1 Å². The quantitative estimate of drug-likeness (QED) is 0.130. The smallest absolute Gasteiger partial charge is 0.424 e. The van der Waals surface area contributed by atoms with Crippen molar-refractivity contribution in [3.63, 3.8) is 0 Å². The Balaban J connectivity index is 2.20. The van der Waals surface area contributed by atoms with Crippen molar-refractivity contribution >= 4 is 17.8 Å². The Kier molecular flexibility index (Phi) is 10.4. The molecule has 0 N–H and O–H groups in total. The third kappa shape index (κ3) is 10.1. The number of non-ortho nitro benzene ring substituents is 1. The maximum absolute atomic E-state index is 11.6. The summed E-state index contributed by atoms with van der Waals surface area (Å²) >= 11 is 0. The van der Waals surface area contributed by atoms with Crippen molar-refractivity contribution < 1.29 is 42.9 Å². The number of nitrogens with zero attached hydrogens (tertiary/aromatic N) is 1. The molecular weight excluding hydrogens is 366 g/mol. The minimum Gasteiger partial charge on any atom is -0.424 e. The van der Waals surface area contributed by atoms with E-state index in [1.54, 1.807) is 7.11 Å². The number of hydrogen-bond donors (Lipinski definition) is 0. The van der Waals surface area contributed by atoms with Crippen LogP contribution in [0.3, 0.4) is 0 Å². The van der Waals surface area contributed by atoms with E-state index in [0.717, 1.165) is 0 Å². The summed E-state index contributed by atoms with van der Waals surface area (Å²) in [7, 11) is 1.56. The molecule has 1 unspecified atom stereocenters. The van der Waals surface area contributed by atoms with Crippen molar-refractivity contribution in [2.75, 3.05) is 40.1 Å². The first-order valence-electron chi connectivity index (χ1n) is 7.89. The molecular formula is C16H21NO10. The predicted octanol–water partition coefficient (Wildman–Crippen LogP) is 1.68. The lowest BCUT2D eigenvalue weighted by molar-refractivity contribution is -0.384. The zero-order valence-corrected chi connectivity index (χ0v) is 15.0. The third-order valence-corrected chi connectivity index (χ3v) is 2.83. The van der Waals surface area contributed by atoms with Crippen LogP contribution >= 0.6 is 0 Å². The Bertz CT molecular complexity index is 604. The second-order valence-electron chi connectivity index (χ2n) is 4.94. The van der Waals surface area contributed by atoms with Gasteiger partial charge in [0.05, 0.1) is 31.4 Å². The number of methoxy groups -OCH3 is 1. The molecule has 0 aromatic heterocycles. The fourth-order valence-electron chi connectivity index (χ4n) is 1.65. The van der Waals surface area contributed by atoms with Crippen molar-refractivity contribution in [3.8, 4) is 5.75 Å². The molecule has 11 heteroatoms. The van der Waals surface area contributed by atoms with Gasteiger partial charge in [-0.1, -0.05) is 0 Å². The molecule has 0 spiro atoms. The molecule has 27 heavy (non-hydrogen) atoms. The number of carbonyl (C=O) groups is 2. The maximum atomic E-state index is 11.6. The van der Waals surface area contributed by atoms with Gasteiger partial charge in [-0.2, -0.15) is 0 Å². The molecule has 0 radical (unpaired) electrons. The number of ether oxygens (including phenoxy) is 6. The van der Waals surface area contributed by atoms with Crippen LogP contribution in [0.25, 0.3) is 0 Å². The lowest BCUT2D eigenvalue weighted by atomic mass is 10.3. The van der Waals surface area contributed by atoms with Gasteiger partial charge in [0, 0.05) is 26.2 Å². The molecule has 0 amide bonds. The normalized spacial score (nSPS) is 11.5. The standard InChI is InChI=1S/C16H21NO10/c1-12(25-15(18)11-24-10-9-23-8-7-22-2)26-16(19)27-14-5-3-13(4-6-14)17(20)21/h3-6,12H,7-11H2,1-2H3. The lowest BCUT2D eigenvalue weighted by Gasteiger charge is -2.14. The van der Waals surface area contributed by atoms with E-state index in [9.17, 15) is 19.7 Å². The predicted molar refractivity (Wildman–Crippen MR) is 89.3 cm³/mol. The average molecular weight is 387 g/mol. The summed E-state index contributed by atoms with van der Waals surface area (Å²) in [5.74, 6) is -0.691. The minimum absolute atomic E-state index is 0.0425. The van der Waals surface area contributed by atoms with Gasteiger partial charge >= 0.3 is 12.1 Å². The molecule has 1 atom stereocenters. The largest absolute Gasteiger partial charge is 0.516 e. The van der Waals surface area contributed by atoms with Gasteiger partial charge in [0.25, 0.3) is 5.69 Å². The van der Waals surface area contributed by atoms with Gasteiger partial charge in [0.1, 0.15) is 12.4 Å². The van der Waals surface area contributed by atoms with Crippen LogP contribution in [0.1, 0.15) is 6.92 Å². The average Bonchev–Trinajstić information content (AvgIpc) is 2.61. The molecule has 0 aliphatic rings. The highest BCUT2D eigenvalue weighted by atomic mass is 16.8. The van der Waals surface area contributed by atoms with E-state index in [1.165, 1.54) is 31.2 Å². The zero-order chi connectivity index (χ0) is 20.1. The van der Waals surface area contributed by atoms with E-state index in [0.29, 0.717) is 19.8 Å². The summed E-state index contributed by atoms with van der Waals surface area (Å²) in [5.41, 5.74) is -0.151. The van der Waals surface area contributed by atoms with Gasteiger partial charge in [-0.25, -0.2) is 9.59 Å². The van der Waals surface area contributed by atoms with Gasteiger partial charge in [-0.15, -0.1) is 0 Å². The highest BCUT2D eigenvalue weighted by molar-refractivity contribution is 5.71. The van der Waals surface area contributed by atoms with Crippen LogP contribution in [0.4, 0.5) is 10.5 Å². The number of benzene rings is 1. The number of carbonyl (C=O) groups excluding carboxylic acids is 2. The van der Waals surface area contributed by atoms with E-state index in [1.807, 2.05) is 0 Å². The number of rotatable bonds is 12. The second-order valence-corrected chi connectivity index (χ2v) is 4.94. The molecule has 1 aromatic rings. The second kappa shape index (κ2) is 12.6. The minimum atomic E-state index is -1.20. The van der Waals surface area contributed by atoms with Crippen molar-refractivity contribution in [1.82, 2.24) is 0 Å². The third-order valence-electron chi connectivity index (χ3n) is 2.83. The molecule has 1 rings (SSSR count). The Morgan fingerprint density at radius 3 is 2.30 bits per heavy atom. The van der Waals surface area contributed by atoms with Crippen LogP contribution in [-0.2, 0) is 28.5 Å². The summed E-state index contributed by atoms with van der Waals surface area (Å²) in [5, 5.41) is 10.5. The van der Waals surface area contributed by atoms with Crippen LogP contribution in [0.5, 0.6) is 5.75 Å². The Morgan fingerprint density at radius 1 is 1.04 bits per heavy atom. The molecule has 11 nitrogen and oxygen atoms in total. The first-order valence-corrected chi connectivity index (χ1v) is 7.89. The van der Waals surface area contributed by atoms with Crippen molar-refractivity contribution in [1.29, 1.82) is 0 Å². The van der Waals surface area contributed by atoms with Crippen LogP contribution in [0.15, 0.2) is 24.3 Å². The van der Waals surface area contributed by atoms with Gasteiger partial charge in [-0.05, 0) is 12.1 Å². The van der Waals surface area contributed by atoms with Gasteiger partial charge < -0.3 is 28.4 Å². The van der Waals surface area contributed by atoms with Crippen LogP contribution in [0, 0.1) is 10.1 Å². The molecule has 0 saturated carbocycles. The Morgan fingerprint density at radius 2 is 1.67 bits per heavy atom. The molecule has 1 aromatic carbocycles. The number of hydrogen-bond acceptors (Lipinski definition) is 10. The Hall–Kier alpha value is -2.76. The van der Waals surface area contributed by atoms with Crippen molar-refractivity contribution in [2.24, 2.45) is 0 Å². The maximum Gasteiger partial charge on any atom is 0.516 e. The van der Waals surface area contributed by atoms with E-state index < -0.39 is 23.3 Å². The first kappa shape index (κ1) is 22.3. The molecule has 0 fully saturated rings. The summed E-state index contributed by atoms with van der Waals surface area (Å²) in [6, 6.07) is 4.81. The van der Waals surface area contributed by atoms with E-state index >= 15 is 0 Å². The summed E-state index contributed by atoms with van der Waals surface area (Å²) in [4.78, 5) is 33.1. The number of esters is 1. The molecule has 150 valence electrons. The van der Waals surface area contributed by atoms with Gasteiger partial charge in [0.15, 0.2) is 0 Å². The SMILES string of the molecule is COCCOCCOCC(=O)OC(C)OC(=O)Oc1ccc([N+](=O)[O-])cc1. The molecule has 0 saturated heterocycles. The van der Waals surface area contributed by atoms with Crippen LogP contribution < -0.4 is 4.74 Å². The fraction of sp³-hybridized carbons (Fsp3) is 0.500. The Labute approximate surface area is 155 Å². The van der Waals surface area contributed by atoms with E-state index in [4.69, 9.17) is 28.4 Å². The lowest BCUT2D eigenvalue weighted by Crippen LogP contribution is -2.26. The van der Waals surface area contributed by atoms with E-state index in [-0.39, 0.29) is 24.7 Å². The highest BCUT2D eigenvalue weighted by Crippen LogP contribution is 2.17. The molecule has 0 aliphatic heterocycles. The summed E-state index contributed by atoms with van der Waals surface area (Å²) < 4.78 is 29.4. The summed E-state index contributed by atoms with van der Waals surface area (Å²) in [6.07, 6.45) is -2.33. The zero-order valence-electron chi connectivity index (χ0n) is 15.0. The van der Waals surface area contributed by atoms with Crippen molar-refractivity contribution in [3.05, 3.63) is 34.4 Å². The van der Waals surface area contributed by atoms with Crippen LogP contribution in [0.2, 0.25) is 0 Å². The highest BCUT2D eigenvalue weighted by Gasteiger charge is 2.16. The number of nitro groups is 1. The number of nitro benzene ring substituents is 1. The van der Waals surface area contributed by atoms with E-state index in [2.05, 4.69) is 0 Å². The van der Waals surface area contributed by atoms with Crippen LogP contribution in [-0.4, -0.2) is 63.5 Å². The fourth-order valence-corrected chi connectivity index (χ4v) is 1.65. The molecule has 0 bridgehead atoms. The van der Waals surface area contributed by atoms with Crippen molar-refractivity contribution in [2.45, 2.75) is 13.2 Å². The topological polar surface area (TPSA) is 133 Å². The summed E-state index contributed by atoms with van der Waals surface area (Å²) in [6.45, 7) is 2.36. The molecule has 0 aliphatic carbocycles. The van der Waals surface area contributed by atoms with Gasteiger partial charge in [0.2, 0.25) is 6.29 Å². The monoisotopic (exact) mass is 387 g/mol. The first-order chi connectivity index (χ1) is 12.9. The molecule has 0 heterocycles.